The molecule has 160 valence electrons. The first-order chi connectivity index (χ1) is 14.4. The Morgan fingerprint density at radius 3 is 2.93 bits per heavy atom. The average molecular weight is 428 g/mol. The molecule has 0 amide bonds. The normalized spacial score (nSPS) is 16.2. The Kier molecular flexibility index (Phi) is 5.93. The molecule has 0 saturated heterocycles. The first-order valence-electron chi connectivity index (χ1n) is 10.6. The van der Waals surface area contributed by atoms with Crippen LogP contribution in [0.2, 0.25) is 0 Å². The Labute approximate surface area is 180 Å². The van der Waals surface area contributed by atoms with Crippen LogP contribution in [0, 0.1) is 19.8 Å². The number of aryl methyl sites for hydroxylation is 2. The summed E-state index contributed by atoms with van der Waals surface area (Å²) in [5.74, 6) is 0.593. The van der Waals surface area contributed by atoms with E-state index in [1.807, 2.05) is 19.9 Å². The van der Waals surface area contributed by atoms with Crippen molar-refractivity contribution in [2.75, 3.05) is 13.7 Å². The van der Waals surface area contributed by atoms with Crippen LogP contribution >= 0.6 is 11.3 Å². The van der Waals surface area contributed by atoms with Crippen molar-refractivity contribution in [3.05, 3.63) is 50.1 Å². The van der Waals surface area contributed by atoms with E-state index in [2.05, 4.69) is 16.5 Å². The lowest BCUT2D eigenvalue weighted by Gasteiger charge is -2.17. The zero-order valence-corrected chi connectivity index (χ0v) is 19.0. The van der Waals surface area contributed by atoms with E-state index in [1.54, 1.807) is 18.4 Å². The van der Waals surface area contributed by atoms with Gasteiger partial charge in [0.25, 0.3) is 5.56 Å². The van der Waals surface area contributed by atoms with Crippen LogP contribution in [0.25, 0.3) is 10.2 Å². The maximum atomic E-state index is 13.2. The summed E-state index contributed by atoms with van der Waals surface area (Å²) < 4.78 is 8.76. The van der Waals surface area contributed by atoms with Gasteiger partial charge in [-0.3, -0.25) is 14.2 Å². The molecule has 0 aromatic carbocycles. The number of ether oxygens (including phenoxy) is 1. The van der Waals surface area contributed by atoms with Crippen molar-refractivity contribution in [3.63, 3.8) is 0 Å². The average Bonchev–Trinajstić information content (AvgIpc) is 3.22. The van der Waals surface area contributed by atoms with Gasteiger partial charge in [0.2, 0.25) is 0 Å². The summed E-state index contributed by atoms with van der Waals surface area (Å²) in [6, 6.07) is 1.93. The minimum atomic E-state index is -0.0886. The van der Waals surface area contributed by atoms with Crippen molar-refractivity contribution in [2.24, 2.45) is 5.92 Å². The molecule has 0 N–H and O–H groups in total. The SMILES string of the molecule is COCCCn1c(C)cc(C(=O)Cn2cnc3sc4c(c3c2=O)CC[C@@H](C)C4)c1C. The smallest absolute Gasteiger partial charge is 0.262 e. The first-order valence-corrected chi connectivity index (χ1v) is 11.4. The highest BCUT2D eigenvalue weighted by atomic mass is 32.1. The molecule has 0 saturated carbocycles. The highest BCUT2D eigenvalue weighted by Crippen LogP contribution is 2.35. The van der Waals surface area contributed by atoms with E-state index < -0.39 is 0 Å². The maximum Gasteiger partial charge on any atom is 0.262 e. The number of carbonyl (C=O) groups excluding carboxylic acids is 1. The van der Waals surface area contributed by atoms with E-state index in [-0.39, 0.29) is 17.9 Å². The van der Waals surface area contributed by atoms with Crippen LogP contribution in [-0.2, 0) is 30.7 Å². The number of thiophene rings is 1. The monoisotopic (exact) mass is 427 g/mol. The Bertz CT molecular complexity index is 1150. The van der Waals surface area contributed by atoms with Crippen LogP contribution in [0.3, 0.4) is 0 Å². The van der Waals surface area contributed by atoms with E-state index in [4.69, 9.17) is 4.74 Å². The van der Waals surface area contributed by atoms with Gasteiger partial charge in [0.15, 0.2) is 5.78 Å². The molecule has 3 aromatic heterocycles. The second kappa shape index (κ2) is 8.47. The summed E-state index contributed by atoms with van der Waals surface area (Å²) in [6.45, 7) is 7.74. The number of rotatable bonds is 7. The Balaban J connectivity index is 1.62. The van der Waals surface area contributed by atoms with Gasteiger partial charge < -0.3 is 9.30 Å². The molecule has 1 aliphatic rings. The molecule has 1 atom stereocenters. The predicted octanol–water partition coefficient (Wildman–Crippen LogP) is 3.92. The number of nitrogens with zero attached hydrogens (tertiary/aromatic N) is 3. The maximum absolute atomic E-state index is 13.2. The summed E-state index contributed by atoms with van der Waals surface area (Å²) in [6.07, 6.45) is 5.47. The van der Waals surface area contributed by atoms with Gasteiger partial charge in [0.1, 0.15) is 4.83 Å². The molecule has 0 aliphatic heterocycles. The fourth-order valence-corrected chi connectivity index (χ4v) is 5.85. The van der Waals surface area contributed by atoms with E-state index in [1.165, 1.54) is 15.8 Å². The minimum Gasteiger partial charge on any atom is -0.385 e. The predicted molar refractivity (Wildman–Crippen MR) is 120 cm³/mol. The van der Waals surface area contributed by atoms with Gasteiger partial charge in [0.05, 0.1) is 18.3 Å². The molecule has 1 aliphatic carbocycles. The fourth-order valence-electron chi connectivity index (χ4n) is 4.51. The van der Waals surface area contributed by atoms with Crippen LogP contribution in [0.5, 0.6) is 0 Å². The topological polar surface area (TPSA) is 66.1 Å². The molecule has 3 aromatic rings. The lowest BCUT2D eigenvalue weighted by molar-refractivity contribution is 0.0970. The third-order valence-corrected chi connectivity index (χ3v) is 7.36. The van der Waals surface area contributed by atoms with Crippen molar-refractivity contribution in [1.29, 1.82) is 0 Å². The molecule has 7 heteroatoms. The summed E-state index contributed by atoms with van der Waals surface area (Å²) in [7, 11) is 1.69. The molecule has 4 rings (SSSR count). The molecular formula is C23H29N3O3S. The van der Waals surface area contributed by atoms with Gasteiger partial charge in [-0.05, 0) is 57.1 Å². The number of ketones is 1. The number of Topliss-reactive ketones (excluding diaryl/α,β-unsaturated/α-hetero) is 1. The molecule has 0 fully saturated rings. The quantitative estimate of drug-likeness (QED) is 0.423. The van der Waals surface area contributed by atoms with Crippen molar-refractivity contribution in [1.82, 2.24) is 14.1 Å². The molecule has 0 radical (unpaired) electrons. The van der Waals surface area contributed by atoms with Gasteiger partial charge in [-0.2, -0.15) is 0 Å². The van der Waals surface area contributed by atoms with E-state index >= 15 is 0 Å². The molecule has 0 spiro atoms. The van der Waals surface area contributed by atoms with Crippen LogP contribution < -0.4 is 5.56 Å². The second-order valence-electron chi connectivity index (χ2n) is 8.42. The third-order valence-electron chi connectivity index (χ3n) is 6.20. The van der Waals surface area contributed by atoms with Crippen LogP contribution in [-0.4, -0.2) is 33.6 Å². The number of fused-ring (bicyclic) bond motifs is 3. The first kappa shape index (κ1) is 21.0. The van der Waals surface area contributed by atoms with Gasteiger partial charge in [0, 0.05) is 42.1 Å². The van der Waals surface area contributed by atoms with Crippen LogP contribution in [0.15, 0.2) is 17.2 Å². The lowest BCUT2D eigenvalue weighted by atomic mass is 9.89. The van der Waals surface area contributed by atoms with Crippen LogP contribution in [0.4, 0.5) is 0 Å². The second-order valence-corrected chi connectivity index (χ2v) is 9.50. The Morgan fingerprint density at radius 2 is 2.17 bits per heavy atom. The molecule has 6 nitrogen and oxygen atoms in total. The van der Waals surface area contributed by atoms with Crippen LogP contribution in [0.1, 0.15) is 52.0 Å². The number of hydrogen-bond acceptors (Lipinski definition) is 5. The fraction of sp³-hybridized carbons (Fsp3) is 0.522. The number of methoxy groups -OCH3 is 1. The highest BCUT2D eigenvalue weighted by Gasteiger charge is 2.24. The third kappa shape index (κ3) is 3.76. The molecule has 3 heterocycles. The van der Waals surface area contributed by atoms with Gasteiger partial charge >= 0.3 is 0 Å². The van der Waals surface area contributed by atoms with Gasteiger partial charge in [-0.25, -0.2) is 4.98 Å². The lowest BCUT2D eigenvalue weighted by Crippen LogP contribution is -2.25. The van der Waals surface area contributed by atoms with Crippen molar-refractivity contribution >= 4 is 27.3 Å². The van der Waals surface area contributed by atoms with E-state index in [9.17, 15) is 9.59 Å². The number of carbonyl (C=O) groups is 1. The summed E-state index contributed by atoms with van der Waals surface area (Å²) in [5, 5.41) is 0.724. The van der Waals surface area contributed by atoms with Gasteiger partial charge in [-0.1, -0.05) is 6.92 Å². The van der Waals surface area contributed by atoms with Crippen molar-refractivity contribution < 1.29 is 9.53 Å². The van der Waals surface area contributed by atoms with E-state index in [0.29, 0.717) is 18.1 Å². The summed E-state index contributed by atoms with van der Waals surface area (Å²) in [4.78, 5) is 32.9. The molecule has 0 unspecified atom stereocenters. The molecular weight excluding hydrogens is 398 g/mol. The highest BCUT2D eigenvalue weighted by molar-refractivity contribution is 7.18. The standard InChI is InChI=1S/C23H29N3O3S/c1-14-6-7-17-20(10-14)30-22-21(17)23(28)25(13-24-22)12-19(27)18-11-15(2)26(16(18)3)8-5-9-29-4/h11,13-14H,5-10,12H2,1-4H3/t14-/m1/s1. The summed E-state index contributed by atoms with van der Waals surface area (Å²) in [5.41, 5.74) is 3.74. The van der Waals surface area contributed by atoms with Gasteiger partial charge in [-0.15, -0.1) is 11.3 Å². The zero-order chi connectivity index (χ0) is 21.4. The summed E-state index contributed by atoms with van der Waals surface area (Å²) >= 11 is 1.64. The largest absolute Gasteiger partial charge is 0.385 e. The number of hydrogen-bond donors (Lipinski definition) is 0. The van der Waals surface area contributed by atoms with Crippen molar-refractivity contribution in [2.45, 2.75) is 59.5 Å². The minimum absolute atomic E-state index is 0.0190. The molecule has 30 heavy (non-hydrogen) atoms. The van der Waals surface area contributed by atoms with Crippen molar-refractivity contribution in [3.8, 4) is 0 Å². The zero-order valence-electron chi connectivity index (χ0n) is 18.2. The Hall–Kier alpha value is -2.25. The Morgan fingerprint density at radius 1 is 1.37 bits per heavy atom. The van der Waals surface area contributed by atoms with E-state index in [0.717, 1.165) is 59.4 Å². The molecule has 0 bridgehead atoms. The number of aromatic nitrogens is 3.